The number of nitrogens with zero attached hydrogens (tertiary/aromatic N) is 1. The highest BCUT2D eigenvalue weighted by Crippen LogP contribution is 2.20. The molecule has 0 spiro atoms. The number of amidine groups is 1. The van der Waals surface area contributed by atoms with Crippen molar-refractivity contribution in [3.8, 4) is 0 Å². The van der Waals surface area contributed by atoms with Crippen molar-refractivity contribution in [3.05, 3.63) is 16.3 Å². The second kappa shape index (κ2) is 4.85. The van der Waals surface area contributed by atoms with Crippen molar-refractivity contribution in [2.75, 3.05) is 5.32 Å². The van der Waals surface area contributed by atoms with E-state index >= 15 is 0 Å². The zero-order valence-corrected chi connectivity index (χ0v) is 9.14. The maximum Gasteiger partial charge on any atom is 0.141 e. The van der Waals surface area contributed by atoms with E-state index in [0.29, 0.717) is 6.42 Å². The minimum atomic E-state index is 0.166. The van der Waals surface area contributed by atoms with E-state index in [1.807, 2.05) is 6.92 Å². The summed E-state index contributed by atoms with van der Waals surface area (Å²) in [6, 6.07) is 0.166. The van der Waals surface area contributed by atoms with Crippen LogP contribution in [0.25, 0.3) is 0 Å². The number of nitrogens with one attached hydrogen (secondary N) is 1. The molecule has 1 aromatic heterocycles. The van der Waals surface area contributed by atoms with Gasteiger partial charge in [-0.15, -0.1) is 11.3 Å². The predicted octanol–water partition coefficient (Wildman–Crippen LogP) is 1.99. The molecule has 0 bridgehead atoms. The van der Waals surface area contributed by atoms with Crippen LogP contribution in [0.1, 0.15) is 18.9 Å². The van der Waals surface area contributed by atoms with Gasteiger partial charge >= 0.3 is 0 Å². The number of aryl methyl sites for hydroxylation is 1. The van der Waals surface area contributed by atoms with Gasteiger partial charge in [-0.2, -0.15) is 0 Å². The molecule has 14 heavy (non-hydrogen) atoms. The Labute approximate surface area is 87.4 Å². The zero-order chi connectivity index (χ0) is 10.6. The third-order valence-electron chi connectivity index (χ3n) is 1.90. The Bertz CT molecular complexity index is 322. The first-order chi connectivity index (χ1) is 6.63. The molecule has 0 fully saturated rings. The highest BCUT2D eigenvalue weighted by atomic mass is 32.1. The minimum absolute atomic E-state index is 0.166. The van der Waals surface area contributed by atoms with Crippen LogP contribution in [0.4, 0.5) is 5.69 Å². The second-order valence-electron chi connectivity index (χ2n) is 3.31. The normalized spacial score (nSPS) is 14.0. The van der Waals surface area contributed by atoms with Crippen molar-refractivity contribution in [2.45, 2.75) is 26.3 Å². The topological polar surface area (TPSA) is 70.6 Å². The lowest BCUT2D eigenvalue weighted by Gasteiger charge is -2.13. The van der Waals surface area contributed by atoms with Crippen LogP contribution in [0.5, 0.6) is 0 Å². The Kier molecular flexibility index (Phi) is 3.76. The minimum Gasteiger partial charge on any atom is -0.409 e. The van der Waals surface area contributed by atoms with Gasteiger partial charge in [-0.1, -0.05) is 5.16 Å². The SMILES string of the molecule is Cc1cscc1NC(C)C/C(N)=N/O. The number of hydrogen-bond acceptors (Lipinski definition) is 4. The zero-order valence-electron chi connectivity index (χ0n) is 8.32. The summed E-state index contributed by atoms with van der Waals surface area (Å²) in [7, 11) is 0. The molecule has 0 aromatic carbocycles. The van der Waals surface area contributed by atoms with Gasteiger partial charge in [0.05, 0.1) is 0 Å². The fourth-order valence-electron chi connectivity index (χ4n) is 1.18. The second-order valence-corrected chi connectivity index (χ2v) is 4.05. The predicted molar refractivity (Wildman–Crippen MR) is 60.2 cm³/mol. The van der Waals surface area contributed by atoms with Gasteiger partial charge in [0.1, 0.15) is 5.84 Å². The fraction of sp³-hybridized carbons (Fsp3) is 0.444. The van der Waals surface area contributed by atoms with Crippen LogP contribution in [-0.4, -0.2) is 17.1 Å². The van der Waals surface area contributed by atoms with Gasteiger partial charge in [-0.05, 0) is 24.8 Å². The number of hydrogen-bond donors (Lipinski definition) is 3. The van der Waals surface area contributed by atoms with E-state index in [1.54, 1.807) is 11.3 Å². The van der Waals surface area contributed by atoms with Crippen molar-refractivity contribution < 1.29 is 5.21 Å². The lowest BCUT2D eigenvalue weighted by molar-refractivity contribution is 0.316. The van der Waals surface area contributed by atoms with E-state index in [0.717, 1.165) is 5.69 Å². The number of thiophene rings is 1. The van der Waals surface area contributed by atoms with Crippen LogP contribution in [0.3, 0.4) is 0 Å². The summed E-state index contributed by atoms with van der Waals surface area (Å²) in [5.41, 5.74) is 7.75. The highest BCUT2D eigenvalue weighted by Gasteiger charge is 2.06. The van der Waals surface area contributed by atoms with Crippen molar-refractivity contribution in [2.24, 2.45) is 10.9 Å². The Morgan fingerprint density at radius 1 is 1.71 bits per heavy atom. The summed E-state index contributed by atoms with van der Waals surface area (Å²) in [4.78, 5) is 0. The number of oxime groups is 1. The molecule has 0 aliphatic heterocycles. The maximum absolute atomic E-state index is 8.40. The molecule has 0 aliphatic rings. The van der Waals surface area contributed by atoms with Crippen LogP contribution < -0.4 is 11.1 Å². The molecule has 4 N–H and O–H groups in total. The molecular weight excluding hydrogens is 198 g/mol. The fourth-order valence-corrected chi connectivity index (χ4v) is 1.97. The van der Waals surface area contributed by atoms with Crippen molar-refractivity contribution in [1.29, 1.82) is 0 Å². The quantitative estimate of drug-likeness (QED) is 0.310. The first-order valence-corrected chi connectivity index (χ1v) is 5.33. The Morgan fingerprint density at radius 2 is 2.43 bits per heavy atom. The molecule has 1 rings (SSSR count). The summed E-state index contributed by atoms with van der Waals surface area (Å²) in [5, 5.41) is 18.8. The van der Waals surface area contributed by atoms with E-state index in [-0.39, 0.29) is 11.9 Å². The lowest BCUT2D eigenvalue weighted by atomic mass is 10.2. The van der Waals surface area contributed by atoms with Crippen molar-refractivity contribution in [1.82, 2.24) is 0 Å². The first-order valence-electron chi connectivity index (χ1n) is 4.39. The molecule has 0 amide bonds. The van der Waals surface area contributed by atoms with E-state index in [9.17, 15) is 0 Å². The van der Waals surface area contributed by atoms with Gasteiger partial charge in [0.15, 0.2) is 0 Å². The molecule has 0 aliphatic carbocycles. The summed E-state index contributed by atoms with van der Waals surface area (Å²) in [6.07, 6.45) is 0.534. The van der Waals surface area contributed by atoms with E-state index in [2.05, 4.69) is 28.2 Å². The molecule has 0 saturated carbocycles. The van der Waals surface area contributed by atoms with Gasteiger partial charge in [-0.25, -0.2) is 0 Å². The van der Waals surface area contributed by atoms with Gasteiger partial charge in [0, 0.05) is 23.5 Å². The van der Waals surface area contributed by atoms with Gasteiger partial charge in [-0.3, -0.25) is 0 Å². The number of nitrogens with two attached hydrogens (primary N) is 1. The first kappa shape index (κ1) is 10.8. The van der Waals surface area contributed by atoms with Gasteiger partial charge in [0.25, 0.3) is 0 Å². The molecule has 1 aromatic rings. The molecular formula is C9H15N3OS. The molecule has 1 atom stereocenters. The Hall–Kier alpha value is -1.23. The van der Waals surface area contributed by atoms with Gasteiger partial charge < -0.3 is 16.3 Å². The molecule has 0 saturated heterocycles. The van der Waals surface area contributed by atoms with Crippen LogP contribution in [-0.2, 0) is 0 Å². The van der Waals surface area contributed by atoms with Crippen molar-refractivity contribution >= 4 is 22.9 Å². The number of anilines is 1. The van der Waals surface area contributed by atoms with Gasteiger partial charge in [0.2, 0.25) is 0 Å². The monoisotopic (exact) mass is 213 g/mol. The summed E-state index contributed by atoms with van der Waals surface area (Å²) in [5.74, 6) is 0.248. The van der Waals surface area contributed by atoms with E-state index in [1.165, 1.54) is 5.56 Å². The summed E-state index contributed by atoms with van der Waals surface area (Å²) < 4.78 is 0. The number of rotatable bonds is 4. The summed E-state index contributed by atoms with van der Waals surface area (Å²) >= 11 is 1.66. The lowest BCUT2D eigenvalue weighted by Crippen LogP contribution is -2.24. The standard InChI is InChI=1S/C9H15N3OS/c1-6-4-14-5-8(6)11-7(2)3-9(10)12-13/h4-5,7,11,13H,3H2,1-2H3,(H2,10,12). The van der Waals surface area contributed by atoms with Crippen LogP contribution in [0.2, 0.25) is 0 Å². The smallest absolute Gasteiger partial charge is 0.141 e. The van der Waals surface area contributed by atoms with Crippen molar-refractivity contribution in [3.63, 3.8) is 0 Å². The third kappa shape index (κ3) is 2.92. The molecule has 78 valence electrons. The maximum atomic E-state index is 8.40. The Balaban J connectivity index is 2.49. The van der Waals surface area contributed by atoms with Crippen LogP contribution in [0, 0.1) is 6.92 Å². The third-order valence-corrected chi connectivity index (χ3v) is 2.76. The largest absolute Gasteiger partial charge is 0.409 e. The highest BCUT2D eigenvalue weighted by molar-refractivity contribution is 7.08. The summed E-state index contributed by atoms with van der Waals surface area (Å²) in [6.45, 7) is 4.05. The van der Waals surface area contributed by atoms with E-state index < -0.39 is 0 Å². The van der Waals surface area contributed by atoms with E-state index in [4.69, 9.17) is 10.9 Å². The molecule has 4 nitrogen and oxygen atoms in total. The Morgan fingerprint density at radius 3 is 2.93 bits per heavy atom. The molecule has 1 heterocycles. The average Bonchev–Trinajstić information content (AvgIpc) is 2.51. The average molecular weight is 213 g/mol. The molecule has 5 heteroatoms. The van der Waals surface area contributed by atoms with Crippen LogP contribution >= 0.6 is 11.3 Å². The van der Waals surface area contributed by atoms with Crippen LogP contribution in [0.15, 0.2) is 15.9 Å². The molecule has 0 radical (unpaired) electrons. The molecule has 1 unspecified atom stereocenters.